The van der Waals surface area contributed by atoms with Crippen molar-refractivity contribution < 1.29 is 10.0 Å². The molecule has 0 spiro atoms. The molecule has 4 nitrogen and oxygen atoms in total. The van der Waals surface area contributed by atoms with Gasteiger partial charge in [0.05, 0.1) is 5.69 Å². The number of hydrogen-bond donors (Lipinski definition) is 4. The number of aryl methyl sites for hydroxylation is 2. The zero-order valence-corrected chi connectivity index (χ0v) is 45.8. The standard InChI is InChI=1S/C39H25NS2.C16H11BO2S.C7H7I2N/c1-22-18-31(29-20-33-25-12-6-8-16-35(25)41-38(33)27-14-4-2-10-23(27)29)37(40)32(19-22)30-21-34-26-13-7-9-17-36(26)42-39(34)28-15-5-3-11-24(28)30;18-17(19)14-9-13-11-6-3-4-8-15(11)20-16(13)12-7-2-1-5-10(12)14;1-4-2-5(8)7(10)6(9)3-4/h2-21H,40H2,1H3;1-9,18-19H;2-3H,10H2,1H3. The molecule has 72 heavy (non-hydrogen) atoms. The number of fused-ring (bicyclic) bond motifs is 15. The smallest absolute Gasteiger partial charge is 0.423 e. The summed E-state index contributed by atoms with van der Waals surface area (Å²) in [5.74, 6) is 0. The van der Waals surface area contributed by atoms with Crippen LogP contribution in [0.2, 0.25) is 0 Å². The lowest BCUT2D eigenvalue weighted by Crippen LogP contribution is -2.30. The first-order valence-electron chi connectivity index (χ1n) is 23.5. The van der Waals surface area contributed by atoms with Gasteiger partial charge in [0.15, 0.2) is 0 Å². The maximum absolute atomic E-state index is 9.65. The van der Waals surface area contributed by atoms with E-state index in [1.54, 1.807) is 11.3 Å². The van der Waals surface area contributed by atoms with Gasteiger partial charge in [0.1, 0.15) is 0 Å². The first-order chi connectivity index (χ1) is 35.0. The van der Waals surface area contributed by atoms with E-state index in [1.807, 2.05) is 65.1 Å². The van der Waals surface area contributed by atoms with Crippen LogP contribution in [-0.4, -0.2) is 17.2 Å². The molecule has 0 saturated carbocycles. The SMILES string of the molecule is Cc1cc(-c2cc3c4ccccc4sc3c3ccccc23)c(N)c(-c2cc3c4ccccc4sc3c3ccccc23)c1.Cc1cc(I)c(N)c(I)c1.OB(O)c1cc2c3ccccc3sc2c2ccccc12. The van der Waals surface area contributed by atoms with E-state index in [-0.39, 0.29) is 0 Å². The maximum Gasteiger partial charge on any atom is 0.489 e. The summed E-state index contributed by atoms with van der Waals surface area (Å²) in [5.41, 5.74) is 22.3. The van der Waals surface area contributed by atoms with E-state index in [0.717, 1.165) is 45.8 Å². The summed E-state index contributed by atoms with van der Waals surface area (Å²) in [6.07, 6.45) is 0. The summed E-state index contributed by atoms with van der Waals surface area (Å²) in [5, 5.41) is 33.8. The summed E-state index contributed by atoms with van der Waals surface area (Å²) in [6, 6.07) is 66.5. The molecule has 0 amide bonds. The Labute approximate surface area is 455 Å². The highest BCUT2D eigenvalue weighted by molar-refractivity contribution is 14.1. The molecule has 3 aromatic heterocycles. The number of nitrogens with two attached hydrogens (primary N) is 2. The van der Waals surface area contributed by atoms with Crippen molar-refractivity contribution in [2.75, 3.05) is 11.5 Å². The summed E-state index contributed by atoms with van der Waals surface area (Å²) in [6.45, 7) is 4.26. The minimum absolute atomic E-state index is 0.566. The molecule has 348 valence electrons. The zero-order chi connectivity index (χ0) is 49.4. The molecule has 0 unspecified atom stereocenters. The molecule has 11 aromatic carbocycles. The summed E-state index contributed by atoms with van der Waals surface area (Å²) in [4.78, 5) is 0. The Morgan fingerprint density at radius 3 is 1.07 bits per heavy atom. The largest absolute Gasteiger partial charge is 0.489 e. The second-order valence-electron chi connectivity index (χ2n) is 18.2. The molecule has 0 atom stereocenters. The second kappa shape index (κ2) is 19.1. The molecule has 14 rings (SSSR count). The van der Waals surface area contributed by atoms with E-state index in [0.29, 0.717) is 5.46 Å². The normalized spacial score (nSPS) is 11.6. The zero-order valence-electron chi connectivity index (χ0n) is 39.0. The molecule has 6 N–H and O–H groups in total. The lowest BCUT2D eigenvalue weighted by Gasteiger charge is -2.17. The minimum Gasteiger partial charge on any atom is -0.423 e. The molecular formula is C62H43BI2N2O2S3. The average Bonchev–Trinajstić information content (AvgIpc) is 4.10. The Bertz CT molecular complexity index is 4290. The van der Waals surface area contributed by atoms with Crippen LogP contribution >= 0.6 is 79.2 Å². The van der Waals surface area contributed by atoms with E-state index in [4.69, 9.17) is 11.5 Å². The highest BCUT2D eigenvalue weighted by atomic mass is 127. The number of thiophene rings is 3. The predicted molar refractivity (Wildman–Crippen MR) is 335 cm³/mol. The molecule has 0 radical (unpaired) electrons. The van der Waals surface area contributed by atoms with Crippen LogP contribution in [-0.2, 0) is 0 Å². The number of hydrogen-bond acceptors (Lipinski definition) is 7. The number of benzene rings is 11. The van der Waals surface area contributed by atoms with Gasteiger partial charge < -0.3 is 21.5 Å². The third-order valence-electron chi connectivity index (χ3n) is 13.6. The van der Waals surface area contributed by atoms with Crippen molar-refractivity contribution in [3.05, 3.63) is 206 Å². The number of rotatable bonds is 3. The fourth-order valence-corrected chi connectivity index (χ4v) is 16.0. The molecule has 0 aliphatic rings. The van der Waals surface area contributed by atoms with Gasteiger partial charge in [-0.3, -0.25) is 0 Å². The Kier molecular flexibility index (Phi) is 12.4. The topological polar surface area (TPSA) is 92.5 Å². The molecule has 14 aromatic rings. The Morgan fingerprint density at radius 2 is 0.667 bits per heavy atom. The minimum atomic E-state index is -1.46. The molecule has 0 aliphatic heterocycles. The van der Waals surface area contributed by atoms with Gasteiger partial charge in [0, 0.05) is 95.2 Å². The molecule has 0 bridgehead atoms. The monoisotopic (exact) mass is 1210 g/mol. The van der Waals surface area contributed by atoms with Gasteiger partial charge in [-0.1, -0.05) is 133 Å². The summed E-state index contributed by atoms with van der Waals surface area (Å²) >= 11 is 9.99. The molecule has 0 saturated heterocycles. The number of anilines is 2. The van der Waals surface area contributed by atoms with E-state index in [1.165, 1.54) is 98.9 Å². The predicted octanol–water partition coefficient (Wildman–Crippen LogP) is 17.6. The van der Waals surface area contributed by atoms with Gasteiger partial charge in [0.25, 0.3) is 0 Å². The van der Waals surface area contributed by atoms with Gasteiger partial charge in [-0.25, -0.2) is 0 Å². The van der Waals surface area contributed by atoms with Crippen molar-refractivity contribution in [1.82, 2.24) is 0 Å². The first-order valence-corrected chi connectivity index (χ1v) is 28.1. The third-order valence-corrected chi connectivity index (χ3v) is 19.0. The van der Waals surface area contributed by atoms with Crippen molar-refractivity contribution in [3.63, 3.8) is 0 Å². The van der Waals surface area contributed by atoms with Crippen molar-refractivity contribution in [2.45, 2.75) is 13.8 Å². The molecule has 3 heterocycles. The summed E-state index contributed by atoms with van der Waals surface area (Å²) < 4.78 is 10.0. The van der Waals surface area contributed by atoms with Crippen molar-refractivity contribution in [2.24, 2.45) is 0 Å². The first kappa shape index (κ1) is 46.9. The fourth-order valence-electron chi connectivity index (χ4n) is 10.3. The van der Waals surface area contributed by atoms with Gasteiger partial charge >= 0.3 is 7.12 Å². The Balaban J connectivity index is 0.000000145. The van der Waals surface area contributed by atoms with Crippen molar-refractivity contribution in [3.8, 4) is 22.3 Å². The second-order valence-corrected chi connectivity index (χ2v) is 23.6. The van der Waals surface area contributed by atoms with Crippen molar-refractivity contribution >= 4 is 196 Å². The van der Waals surface area contributed by atoms with Crippen LogP contribution < -0.4 is 16.9 Å². The van der Waals surface area contributed by atoms with Gasteiger partial charge in [0.2, 0.25) is 0 Å². The van der Waals surface area contributed by atoms with E-state index >= 15 is 0 Å². The lowest BCUT2D eigenvalue weighted by molar-refractivity contribution is 0.426. The van der Waals surface area contributed by atoms with Crippen LogP contribution in [0.4, 0.5) is 11.4 Å². The highest BCUT2D eigenvalue weighted by Crippen LogP contribution is 2.48. The van der Waals surface area contributed by atoms with Crippen LogP contribution in [0.15, 0.2) is 188 Å². The van der Waals surface area contributed by atoms with Gasteiger partial charge in [-0.2, -0.15) is 0 Å². The average molecular weight is 1210 g/mol. The van der Waals surface area contributed by atoms with E-state index in [2.05, 4.69) is 205 Å². The number of nitrogen functional groups attached to an aromatic ring is 2. The van der Waals surface area contributed by atoms with E-state index < -0.39 is 7.12 Å². The van der Waals surface area contributed by atoms with Crippen molar-refractivity contribution in [1.29, 1.82) is 0 Å². The number of halogens is 2. The lowest BCUT2D eigenvalue weighted by atomic mass is 9.76. The van der Waals surface area contributed by atoms with Crippen LogP contribution in [0, 0.1) is 21.0 Å². The Hall–Kier alpha value is -6.10. The fraction of sp³-hybridized carbons (Fsp3) is 0.0323. The molecule has 0 fully saturated rings. The molecule has 0 aliphatic carbocycles. The van der Waals surface area contributed by atoms with Crippen LogP contribution in [0.25, 0.3) is 115 Å². The molecule has 10 heteroatoms. The van der Waals surface area contributed by atoms with Gasteiger partial charge in [-0.15, -0.1) is 34.0 Å². The maximum atomic E-state index is 9.65. The third kappa shape index (κ3) is 8.17. The van der Waals surface area contributed by atoms with Crippen LogP contribution in [0.5, 0.6) is 0 Å². The van der Waals surface area contributed by atoms with Crippen LogP contribution in [0.3, 0.4) is 0 Å². The Morgan fingerprint density at radius 1 is 0.347 bits per heavy atom. The van der Waals surface area contributed by atoms with Gasteiger partial charge in [-0.05, 0) is 163 Å². The summed E-state index contributed by atoms with van der Waals surface area (Å²) in [7, 11) is -1.46. The van der Waals surface area contributed by atoms with Crippen LogP contribution in [0.1, 0.15) is 11.1 Å². The highest BCUT2D eigenvalue weighted by Gasteiger charge is 2.21. The van der Waals surface area contributed by atoms with E-state index in [9.17, 15) is 10.0 Å². The molecular weight excluding hydrogens is 1170 g/mol. The quantitative estimate of drug-likeness (QED) is 0.0806.